The van der Waals surface area contributed by atoms with E-state index >= 15 is 0 Å². The number of allylic oxidation sites excluding steroid dienone is 2. The minimum absolute atomic E-state index is 0.0182. The molecule has 2 bridgehead atoms. The SMILES string of the molecule is CCC(C)[C@H]1O[C@]2(C=C[C@@H]1C)C[C@@H]1C[C@@H](C/C=C(\C)[C@@H](O[C@H]3C[C@H](OC)[C@@H](O[C@H]4C[C@H](OC)[C@@H](ONC(=O)OC)[C@H](C)O4)[C@H](C)O3)[C@@H](C)/C=C/C=C3\CO[C@@H]4[C@H](O)C(C)=C[C@@H](C(=O)O1)[C@]34O)O2. The van der Waals surface area contributed by atoms with E-state index in [-0.39, 0.29) is 36.9 Å². The van der Waals surface area contributed by atoms with Gasteiger partial charge in [0, 0.05) is 51.7 Å². The van der Waals surface area contributed by atoms with E-state index in [4.69, 9.17) is 52.2 Å². The van der Waals surface area contributed by atoms with Gasteiger partial charge in [-0.15, -0.1) is 0 Å². The van der Waals surface area contributed by atoms with Crippen LogP contribution in [0.15, 0.2) is 59.3 Å². The van der Waals surface area contributed by atoms with Crippen molar-refractivity contribution in [3.05, 3.63) is 59.3 Å². The first-order valence-electron chi connectivity index (χ1n) is 24.1. The number of hydrogen-bond donors (Lipinski definition) is 3. The lowest BCUT2D eigenvalue weighted by molar-refractivity contribution is -0.323. The Balaban J connectivity index is 1.14. The number of aliphatic hydroxyl groups excluding tert-OH is 1. The summed E-state index contributed by atoms with van der Waals surface area (Å²) in [6.45, 7) is 16.0. The number of rotatable bonds is 10. The Morgan fingerprint density at radius 3 is 2.28 bits per heavy atom. The average molecular weight is 946 g/mol. The molecule has 3 N–H and O–H groups in total. The fourth-order valence-electron chi connectivity index (χ4n) is 10.9. The fraction of sp³-hybridized carbons (Fsp3) is 0.760. The molecular weight excluding hydrogens is 871 g/mol. The van der Waals surface area contributed by atoms with E-state index in [9.17, 15) is 19.8 Å². The molecule has 17 heteroatoms. The first kappa shape index (κ1) is 51.8. The summed E-state index contributed by atoms with van der Waals surface area (Å²) in [6.07, 6.45) is 7.31. The first-order chi connectivity index (χ1) is 31.9. The van der Waals surface area contributed by atoms with Crippen LogP contribution in [-0.2, 0) is 61.7 Å². The lowest BCUT2D eigenvalue weighted by Crippen LogP contribution is -2.58. The summed E-state index contributed by atoms with van der Waals surface area (Å²) in [4.78, 5) is 31.6. The quantitative estimate of drug-likeness (QED) is 0.137. The van der Waals surface area contributed by atoms with Gasteiger partial charge in [-0.1, -0.05) is 70.6 Å². The van der Waals surface area contributed by atoms with Crippen LogP contribution in [0.1, 0.15) is 93.9 Å². The van der Waals surface area contributed by atoms with Crippen molar-refractivity contribution in [2.24, 2.45) is 23.7 Å². The van der Waals surface area contributed by atoms with Crippen LogP contribution in [0.25, 0.3) is 0 Å². The molecule has 1 unspecified atom stereocenters. The Morgan fingerprint density at radius 2 is 1.60 bits per heavy atom. The van der Waals surface area contributed by atoms with Crippen LogP contribution >= 0.6 is 0 Å². The van der Waals surface area contributed by atoms with Crippen molar-refractivity contribution in [3.8, 4) is 0 Å². The smallest absolute Gasteiger partial charge is 0.431 e. The number of carbonyl (C=O) groups is 2. The highest BCUT2D eigenvalue weighted by atomic mass is 16.8. The number of ether oxygens (including phenoxy) is 11. The number of methoxy groups -OCH3 is 3. The summed E-state index contributed by atoms with van der Waals surface area (Å²) in [5.74, 6) is -2.65. The Hall–Kier alpha value is -3.04. The maximum Gasteiger partial charge on any atom is 0.431 e. The molecule has 17 nitrogen and oxygen atoms in total. The molecule has 0 radical (unpaired) electrons. The van der Waals surface area contributed by atoms with Gasteiger partial charge < -0.3 is 62.3 Å². The number of carbonyl (C=O) groups excluding carboxylic acids is 2. The van der Waals surface area contributed by atoms with E-state index in [1.165, 1.54) is 7.11 Å². The Kier molecular flexibility index (Phi) is 17.0. The van der Waals surface area contributed by atoms with Gasteiger partial charge in [-0.25, -0.2) is 4.79 Å². The maximum absolute atomic E-state index is 14.4. The predicted octanol–water partition coefficient (Wildman–Crippen LogP) is 5.67. The molecule has 6 heterocycles. The number of esters is 1. The highest BCUT2D eigenvalue weighted by Gasteiger charge is 2.60. The van der Waals surface area contributed by atoms with E-state index in [2.05, 4.69) is 50.1 Å². The van der Waals surface area contributed by atoms with Gasteiger partial charge in [-0.2, -0.15) is 5.48 Å². The van der Waals surface area contributed by atoms with E-state index in [1.807, 2.05) is 39.0 Å². The molecule has 7 aliphatic rings. The number of aliphatic hydroxyl groups is 2. The minimum atomic E-state index is -1.85. The number of fused-ring (bicyclic) bond motifs is 2. The highest BCUT2D eigenvalue weighted by Crippen LogP contribution is 2.47. The van der Waals surface area contributed by atoms with Gasteiger partial charge >= 0.3 is 12.1 Å². The number of hydrogen-bond acceptors (Lipinski definition) is 16. The van der Waals surface area contributed by atoms with Crippen molar-refractivity contribution in [2.75, 3.05) is 27.9 Å². The fourth-order valence-corrected chi connectivity index (χ4v) is 10.9. The molecule has 0 aromatic carbocycles. The van der Waals surface area contributed by atoms with Crippen LogP contribution in [0.3, 0.4) is 0 Å². The number of hydroxylamine groups is 1. The Morgan fingerprint density at radius 1 is 0.910 bits per heavy atom. The van der Waals surface area contributed by atoms with Crippen LogP contribution in [0.2, 0.25) is 0 Å². The zero-order valence-electron chi connectivity index (χ0n) is 41.0. The summed E-state index contributed by atoms with van der Waals surface area (Å²) in [5.41, 5.74) is 2.34. The molecule has 67 heavy (non-hydrogen) atoms. The zero-order valence-corrected chi connectivity index (χ0v) is 41.0. The lowest BCUT2D eigenvalue weighted by atomic mass is 9.71. The third kappa shape index (κ3) is 11.1. The first-order valence-corrected chi connectivity index (χ1v) is 24.1. The molecule has 1 amide bonds. The van der Waals surface area contributed by atoms with Gasteiger partial charge in [0.15, 0.2) is 18.4 Å². The summed E-state index contributed by atoms with van der Waals surface area (Å²) in [5, 5.41) is 23.8. The molecular formula is C50H75NO16. The van der Waals surface area contributed by atoms with Crippen molar-refractivity contribution >= 4 is 12.1 Å². The van der Waals surface area contributed by atoms with Gasteiger partial charge in [-0.3, -0.25) is 9.63 Å². The van der Waals surface area contributed by atoms with Gasteiger partial charge in [0.2, 0.25) is 0 Å². The van der Waals surface area contributed by atoms with Crippen molar-refractivity contribution < 1.29 is 76.7 Å². The third-order valence-corrected chi connectivity index (χ3v) is 14.9. The van der Waals surface area contributed by atoms with E-state index in [0.29, 0.717) is 36.8 Å². The van der Waals surface area contributed by atoms with E-state index in [1.54, 1.807) is 33.3 Å². The van der Waals surface area contributed by atoms with E-state index < -0.39 is 109 Å². The second kappa shape index (κ2) is 21.9. The maximum atomic E-state index is 14.4. The van der Waals surface area contributed by atoms with Gasteiger partial charge in [0.25, 0.3) is 0 Å². The molecule has 1 spiro atoms. The standard InChI is InChI=1S/C50H75NO16/c1-12-26(2)43-29(5)18-19-49(66-43)24-35-21-34(65-49)17-16-28(4)42(27(3)14-13-15-33-25-59-46-41(52)30(6)20-36(47(53)62-35)50(33,46)55)63-39-22-37(56-9)44(31(7)60-39)64-40-23-38(57-10)45(32(8)61-40)67-51-48(54)58-11/h13-16,18-20,26-27,29,31-32,34-46,52,55H,12,17,21-25H2,1-11H3,(H,51,54)/b14-13+,28-16+,33-15+/t26?,27-,29-,31-,32-,34+,35-,36-,37-,38-,39-,40-,41+,42-,43+,44-,45-,46+,49+,50+/m0/s1. The molecule has 1 aliphatic carbocycles. The topological polar surface area (TPSA) is 197 Å². The highest BCUT2D eigenvalue weighted by molar-refractivity contribution is 5.78. The summed E-state index contributed by atoms with van der Waals surface area (Å²) in [7, 11) is 4.44. The largest absolute Gasteiger partial charge is 0.462 e. The van der Waals surface area contributed by atoms with Crippen molar-refractivity contribution in [2.45, 2.75) is 191 Å². The molecule has 7 rings (SSSR count). The molecule has 0 aromatic heterocycles. The second-order valence-corrected chi connectivity index (χ2v) is 19.6. The van der Waals surface area contributed by atoms with Crippen molar-refractivity contribution in [1.82, 2.24) is 5.48 Å². The summed E-state index contributed by atoms with van der Waals surface area (Å²) < 4.78 is 68.9. The molecule has 0 saturated carbocycles. The number of nitrogens with one attached hydrogen (secondary N) is 1. The van der Waals surface area contributed by atoms with Gasteiger partial charge in [0.05, 0.1) is 56.4 Å². The molecule has 4 saturated heterocycles. The van der Waals surface area contributed by atoms with Crippen LogP contribution in [0, 0.1) is 23.7 Å². The van der Waals surface area contributed by atoms with E-state index in [0.717, 1.165) is 12.0 Å². The average Bonchev–Trinajstić information content (AvgIpc) is 3.64. The van der Waals surface area contributed by atoms with Crippen LogP contribution in [-0.4, -0.2) is 147 Å². The molecule has 376 valence electrons. The monoisotopic (exact) mass is 946 g/mol. The Bertz CT molecular complexity index is 1890. The van der Waals surface area contributed by atoms with Crippen LogP contribution < -0.4 is 5.48 Å². The molecule has 0 aromatic rings. The third-order valence-electron chi connectivity index (χ3n) is 14.9. The predicted molar refractivity (Wildman–Crippen MR) is 242 cm³/mol. The zero-order chi connectivity index (χ0) is 48.4. The molecule has 4 fully saturated rings. The van der Waals surface area contributed by atoms with Gasteiger partial charge in [0.1, 0.15) is 42.0 Å². The second-order valence-electron chi connectivity index (χ2n) is 19.6. The summed E-state index contributed by atoms with van der Waals surface area (Å²) in [6, 6.07) is 0. The van der Waals surface area contributed by atoms with Crippen molar-refractivity contribution in [1.29, 1.82) is 0 Å². The minimum Gasteiger partial charge on any atom is -0.462 e. The lowest BCUT2D eigenvalue weighted by Gasteiger charge is -2.48. The normalized spacial score (nSPS) is 46.2. The van der Waals surface area contributed by atoms with Crippen molar-refractivity contribution in [3.63, 3.8) is 0 Å². The van der Waals surface area contributed by atoms with Crippen LogP contribution in [0.5, 0.6) is 0 Å². The molecule has 6 aliphatic heterocycles. The van der Waals surface area contributed by atoms with Crippen LogP contribution in [0.4, 0.5) is 4.79 Å². The van der Waals surface area contributed by atoms with Gasteiger partial charge in [-0.05, 0) is 62.8 Å². The number of amides is 1. The summed E-state index contributed by atoms with van der Waals surface area (Å²) >= 11 is 0. The Labute approximate surface area is 395 Å². The molecule has 20 atom stereocenters.